The summed E-state index contributed by atoms with van der Waals surface area (Å²) in [5.41, 5.74) is 1.93. The molecule has 0 bridgehead atoms. The van der Waals surface area contributed by atoms with E-state index in [-0.39, 0.29) is 11.9 Å². The Hall–Kier alpha value is -0.940. The van der Waals surface area contributed by atoms with Gasteiger partial charge in [0.05, 0.1) is 0 Å². The maximum atomic E-state index is 13.8. The van der Waals surface area contributed by atoms with Gasteiger partial charge in [-0.3, -0.25) is 0 Å². The van der Waals surface area contributed by atoms with E-state index in [1.54, 1.807) is 6.07 Å². The van der Waals surface area contributed by atoms with Gasteiger partial charge in [-0.05, 0) is 59.8 Å². The maximum absolute atomic E-state index is 13.8. The van der Waals surface area contributed by atoms with Crippen LogP contribution in [0.3, 0.4) is 0 Å². The number of hydrogen-bond donors (Lipinski definition) is 1. The Labute approximate surface area is 121 Å². The first kappa shape index (κ1) is 13.5. The third kappa shape index (κ3) is 3.29. The summed E-state index contributed by atoms with van der Waals surface area (Å²) in [7, 11) is 1.86. The lowest BCUT2D eigenvalue weighted by atomic mass is 9.99. The monoisotopic (exact) mass is 355 g/mol. The molecule has 1 nitrogen and oxygen atoms in total. The molecule has 0 aliphatic carbocycles. The van der Waals surface area contributed by atoms with Crippen molar-refractivity contribution in [1.29, 1.82) is 0 Å². The summed E-state index contributed by atoms with van der Waals surface area (Å²) >= 11 is 2.28. The van der Waals surface area contributed by atoms with Crippen LogP contribution in [-0.4, -0.2) is 7.05 Å². The van der Waals surface area contributed by atoms with Gasteiger partial charge in [0.15, 0.2) is 0 Å². The number of benzene rings is 2. The minimum Gasteiger partial charge on any atom is -0.313 e. The first-order valence-corrected chi connectivity index (χ1v) is 6.94. The minimum absolute atomic E-state index is 0.00580. The fraction of sp³-hybridized carbons (Fsp3) is 0.200. The standard InChI is InChI=1S/C15H15FIN/c1-18-15(13-4-2-3-5-14(13)16)10-11-6-8-12(17)9-7-11/h2-9,15,18H,10H2,1H3. The number of hydrogen-bond acceptors (Lipinski definition) is 1. The molecule has 2 rings (SSSR count). The largest absolute Gasteiger partial charge is 0.313 e. The van der Waals surface area contributed by atoms with Crippen molar-refractivity contribution in [3.63, 3.8) is 0 Å². The minimum atomic E-state index is -0.151. The van der Waals surface area contributed by atoms with Gasteiger partial charge in [-0.1, -0.05) is 30.3 Å². The van der Waals surface area contributed by atoms with Crippen LogP contribution in [0.4, 0.5) is 4.39 Å². The predicted molar refractivity (Wildman–Crippen MR) is 81.1 cm³/mol. The highest BCUT2D eigenvalue weighted by Gasteiger charge is 2.13. The number of nitrogens with one attached hydrogen (secondary N) is 1. The Morgan fingerprint density at radius 1 is 1.11 bits per heavy atom. The van der Waals surface area contributed by atoms with Gasteiger partial charge in [0.2, 0.25) is 0 Å². The molecule has 1 atom stereocenters. The molecule has 0 heterocycles. The summed E-state index contributed by atoms with van der Waals surface area (Å²) in [5.74, 6) is -0.151. The Morgan fingerprint density at radius 2 is 1.78 bits per heavy atom. The Bertz CT molecular complexity index is 510. The van der Waals surface area contributed by atoms with Gasteiger partial charge >= 0.3 is 0 Å². The highest BCUT2D eigenvalue weighted by Crippen LogP contribution is 2.21. The summed E-state index contributed by atoms with van der Waals surface area (Å²) < 4.78 is 15.0. The van der Waals surface area contributed by atoms with E-state index in [0.717, 1.165) is 12.0 Å². The summed E-state index contributed by atoms with van der Waals surface area (Å²) in [6.07, 6.45) is 0.786. The first-order chi connectivity index (χ1) is 8.70. The lowest BCUT2D eigenvalue weighted by Crippen LogP contribution is -2.20. The second-order valence-corrected chi connectivity index (χ2v) is 5.44. The number of likely N-dealkylation sites (N-methyl/N-ethyl adjacent to an activating group) is 1. The van der Waals surface area contributed by atoms with Crippen LogP contribution in [0.2, 0.25) is 0 Å². The summed E-state index contributed by atoms with van der Waals surface area (Å²) in [4.78, 5) is 0. The SMILES string of the molecule is CNC(Cc1ccc(I)cc1)c1ccccc1F. The van der Waals surface area contributed by atoms with Crippen LogP contribution >= 0.6 is 22.6 Å². The number of rotatable bonds is 4. The smallest absolute Gasteiger partial charge is 0.127 e. The topological polar surface area (TPSA) is 12.0 Å². The van der Waals surface area contributed by atoms with Crippen LogP contribution in [0.25, 0.3) is 0 Å². The molecule has 0 aliphatic heterocycles. The fourth-order valence-electron chi connectivity index (χ4n) is 1.98. The molecule has 0 saturated heterocycles. The molecule has 2 aromatic carbocycles. The van der Waals surface area contributed by atoms with E-state index >= 15 is 0 Å². The quantitative estimate of drug-likeness (QED) is 0.820. The molecule has 0 aromatic heterocycles. The Balaban J connectivity index is 2.20. The van der Waals surface area contributed by atoms with Crippen LogP contribution in [-0.2, 0) is 6.42 Å². The average Bonchev–Trinajstić information content (AvgIpc) is 2.39. The summed E-state index contributed by atoms with van der Waals surface area (Å²) in [6.45, 7) is 0. The van der Waals surface area contributed by atoms with Crippen molar-refractivity contribution >= 4 is 22.6 Å². The highest BCUT2D eigenvalue weighted by atomic mass is 127. The second kappa shape index (κ2) is 6.29. The van der Waals surface area contributed by atoms with Gasteiger partial charge < -0.3 is 5.32 Å². The van der Waals surface area contributed by atoms with E-state index < -0.39 is 0 Å². The van der Waals surface area contributed by atoms with Crippen molar-refractivity contribution in [2.75, 3.05) is 7.05 Å². The summed E-state index contributed by atoms with van der Waals surface area (Å²) in [6, 6.07) is 15.3. The molecule has 0 spiro atoms. The molecule has 0 radical (unpaired) electrons. The highest BCUT2D eigenvalue weighted by molar-refractivity contribution is 14.1. The molecule has 0 fully saturated rings. The zero-order chi connectivity index (χ0) is 13.0. The first-order valence-electron chi connectivity index (χ1n) is 5.87. The van der Waals surface area contributed by atoms with Crippen LogP contribution in [0.15, 0.2) is 48.5 Å². The van der Waals surface area contributed by atoms with Crippen molar-refractivity contribution in [2.45, 2.75) is 12.5 Å². The maximum Gasteiger partial charge on any atom is 0.127 e. The van der Waals surface area contributed by atoms with E-state index in [0.29, 0.717) is 0 Å². The normalized spacial score (nSPS) is 12.4. The third-order valence-electron chi connectivity index (χ3n) is 2.98. The molecule has 0 amide bonds. The van der Waals surface area contributed by atoms with Crippen molar-refractivity contribution in [3.05, 3.63) is 69.0 Å². The van der Waals surface area contributed by atoms with Gasteiger partial charge in [-0.2, -0.15) is 0 Å². The molecule has 0 saturated carbocycles. The molecule has 2 aromatic rings. The third-order valence-corrected chi connectivity index (χ3v) is 3.70. The van der Waals surface area contributed by atoms with E-state index in [1.807, 2.05) is 19.2 Å². The number of halogens is 2. The van der Waals surface area contributed by atoms with Crippen LogP contribution in [0.1, 0.15) is 17.2 Å². The van der Waals surface area contributed by atoms with E-state index in [2.05, 4.69) is 52.2 Å². The van der Waals surface area contributed by atoms with E-state index in [9.17, 15) is 4.39 Å². The lowest BCUT2D eigenvalue weighted by Gasteiger charge is -2.17. The van der Waals surface area contributed by atoms with Gasteiger partial charge in [-0.25, -0.2) is 4.39 Å². The zero-order valence-electron chi connectivity index (χ0n) is 10.2. The van der Waals surface area contributed by atoms with Crippen LogP contribution in [0, 0.1) is 9.39 Å². The average molecular weight is 355 g/mol. The van der Waals surface area contributed by atoms with E-state index in [1.165, 1.54) is 15.2 Å². The van der Waals surface area contributed by atoms with Crippen LogP contribution < -0.4 is 5.32 Å². The molecular formula is C15H15FIN. The molecule has 1 N–H and O–H groups in total. The van der Waals surface area contributed by atoms with Crippen molar-refractivity contribution in [2.24, 2.45) is 0 Å². The molecular weight excluding hydrogens is 340 g/mol. The predicted octanol–water partition coefficient (Wildman–Crippen LogP) is 3.93. The van der Waals surface area contributed by atoms with Gasteiger partial charge in [0.25, 0.3) is 0 Å². The fourth-order valence-corrected chi connectivity index (χ4v) is 2.34. The van der Waals surface area contributed by atoms with Crippen molar-refractivity contribution < 1.29 is 4.39 Å². The molecule has 0 aliphatic rings. The van der Waals surface area contributed by atoms with Crippen molar-refractivity contribution in [3.8, 4) is 0 Å². The van der Waals surface area contributed by atoms with Gasteiger partial charge in [0.1, 0.15) is 5.82 Å². The summed E-state index contributed by atoms with van der Waals surface area (Å²) in [5, 5.41) is 3.18. The zero-order valence-corrected chi connectivity index (χ0v) is 12.3. The van der Waals surface area contributed by atoms with Crippen LogP contribution in [0.5, 0.6) is 0 Å². The Kier molecular flexibility index (Phi) is 4.72. The van der Waals surface area contributed by atoms with Gasteiger partial charge in [0, 0.05) is 15.2 Å². The Morgan fingerprint density at radius 3 is 2.39 bits per heavy atom. The molecule has 18 heavy (non-hydrogen) atoms. The molecule has 3 heteroatoms. The molecule has 1 unspecified atom stereocenters. The van der Waals surface area contributed by atoms with Gasteiger partial charge in [-0.15, -0.1) is 0 Å². The van der Waals surface area contributed by atoms with Crippen molar-refractivity contribution in [1.82, 2.24) is 5.32 Å². The second-order valence-electron chi connectivity index (χ2n) is 4.19. The molecule has 94 valence electrons. The lowest BCUT2D eigenvalue weighted by molar-refractivity contribution is 0.534. The van der Waals surface area contributed by atoms with E-state index in [4.69, 9.17) is 0 Å².